The van der Waals surface area contributed by atoms with Gasteiger partial charge >= 0.3 is 0 Å². The van der Waals surface area contributed by atoms with E-state index in [4.69, 9.17) is 9.47 Å². The van der Waals surface area contributed by atoms with Crippen molar-refractivity contribution in [1.82, 2.24) is 25.1 Å². The first-order valence-electron chi connectivity index (χ1n) is 10.3. The molecule has 1 amide bonds. The number of carbonyl (C=O) groups is 1. The molecule has 3 aromatic heterocycles. The zero-order valence-electron chi connectivity index (χ0n) is 18.6. The molecule has 0 aliphatic rings. The van der Waals surface area contributed by atoms with Crippen LogP contribution in [0, 0.1) is 6.92 Å². The number of benzene rings is 1. The number of hydrogen-bond donors (Lipinski definition) is 2. The lowest BCUT2D eigenvalue weighted by Gasteiger charge is -2.13. The molecular formula is C24H24N6O3. The van der Waals surface area contributed by atoms with Crippen LogP contribution in [-0.4, -0.2) is 32.8 Å². The van der Waals surface area contributed by atoms with Gasteiger partial charge in [0.15, 0.2) is 5.82 Å². The van der Waals surface area contributed by atoms with Crippen molar-refractivity contribution in [2.24, 2.45) is 7.05 Å². The summed E-state index contributed by atoms with van der Waals surface area (Å²) in [6, 6.07) is 14.4. The maximum atomic E-state index is 12.8. The molecule has 0 saturated carbocycles. The number of rotatable bonds is 8. The highest BCUT2D eigenvalue weighted by Gasteiger charge is 2.13. The minimum atomic E-state index is -0.194. The smallest absolute Gasteiger partial charge is 0.251 e. The molecule has 4 aromatic rings. The molecule has 33 heavy (non-hydrogen) atoms. The Labute approximate surface area is 191 Å². The number of hydrogen-bond acceptors (Lipinski definition) is 7. The standard InChI is InChI=1S/C24H24N6O3/c1-16-19(24(31)27-15-17-7-8-23(32-3)26-14-17)5-4-6-20(16)33-18-9-11-25-22(13-18)28-21-10-12-30(2)29-21/h4-14H,15H2,1-3H3,(H,27,31)(H,25,28,29). The van der Waals surface area contributed by atoms with Gasteiger partial charge in [-0.05, 0) is 30.7 Å². The molecule has 9 nitrogen and oxygen atoms in total. The summed E-state index contributed by atoms with van der Waals surface area (Å²) in [6.45, 7) is 2.21. The first-order valence-corrected chi connectivity index (χ1v) is 10.3. The van der Waals surface area contributed by atoms with E-state index in [1.165, 1.54) is 0 Å². The Morgan fingerprint density at radius 2 is 1.97 bits per heavy atom. The van der Waals surface area contributed by atoms with Crippen molar-refractivity contribution < 1.29 is 14.3 Å². The molecule has 3 heterocycles. The number of aryl methyl sites for hydroxylation is 1. The van der Waals surface area contributed by atoms with Crippen LogP contribution >= 0.6 is 0 Å². The first-order chi connectivity index (χ1) is 16.0. The average Bonchev–Trinajstić information content (AvgIpc) is 3.23. The van der Waals surface area contributed by atoms with E-state index in [1.807, 2.05) is 38.4 Å². The zero-order valence-corrected chi connectivity index (χ0v) is 18.6. The third-order valence-electron chi connectivity index (χ3n) is 4.92. The molecule has 0 radical (unpaired) electrons. The van der Waals surface area contributed by atoms with Crippen molar-refractivity contribution in [3.05, 3.63) is 83.8 Å². The van der Waals surface area contributed by atoms with Crippen LogP contribution in [0.5, 0.6) is 17.4 Å². The number of anilines is 2. The molecule has 4 rings (SSSR count). The van der Waals surface area contributed by atoms with Gasteiger partial charge in [-0.25, -0.2) is 9.97 Å². The topological polar surface area (TPSA) is 103 Å². The number of nitrogens with one attached hydrogen (secondary N) is 2. The molecule has 0 spiro atoms. The predicted molar refractivity (Wildman–Crippen MR) is 124 cm³/mol. The number of ether oxygens (including phenoxy) is 2. The fraction of sp³-hybridized carbons (Fsp3) is 0.167. The van der Waals surface area contributed by atoms with Gasteiger partial charge in [-0.3, -0.25) is 9.48 Å². The summed E-state index contributed by atoms with van der Waals surface area (Å²) >= 11 is 0. The van der Waals surface area contributed by atoms with E-state index in [-0.39, 0.29) is 5.91 Å². The first kappa shape index (κ1) is 21.8. The van der Waals surface area contributed by atoms with Gasteiger partial charge in [0.25, 0.3) is 5.91 Å². The van der Waals surface area contributed by atoms with Crippen LogP contribution < -0.4 is 20.1 Å². The van der Waals surface area contributed by atoms with Crippen LogP contribution in [0.3, 0.4) is 0 Å². The summed E-state index contributed by atoms with van der Waals surface area (Å²) in [5.41, 5.74) is 2.15. The van der Waals surface area contributed by atoms with E-state index < -0.39 is 0 Å². The number of amides is 1. The molecule has 2 N–H and O–H groups in total. The number of nitrogens with zero attached hydrogens (tertiary/aromatic N) is 4. The second kappa shape index (κ2) is 9.82. The van der Waals surface area contributed by atoms with Crippen LogP contribution in [-0.2, 0) is 13.6 Å². The van der Waals surface area contributed by atoms with Crippen LogP contribution in [0.25, 0.3) is 0 Å². The highest BCUT2D eigenvalue weighted by Crippen LogP contribution is 2.28. The van der Waals surface area contributed by atoms with Crippen molar-refractivity contribution >= 4 is 17.5 Å². The minimum absolute atomic E-state index is 0.194. The maximum Gasteiger partial charge on any atom is 0.251 e. The van der Waals surface area contributed by atoms with E-state index in [0.29, 0.717) is 41.1 Å². The quantitative estimate of drug-likeness (QED) is 0.423. The van der Waals surface area contributed by atoms with Crippen LogP contribution in [0.1, 0.15) is 21.5 Å². The van der Waals surface area contributed by atoms with Gasteiger partial charge in [0.05, 0.1) is 7.11 Å². The third kappa shape index (κ3) is 5.45. The third-order valence-corrected chi connectivity index (χ3v) is 4.92. The monoisotopic (exact) mass is 444 g/mol. The lowest BCUT2D eigenvalue weighted by Crippen LogP contribution is -2.23. The van der Waals surface area contributed by atoms with Gasteiger partial charge in [0.2, 0.25) is 5.88 Å². The molecule has 0 atom stereocenters. The van der Waals surface area contributed by atoms with Gasteiger partial charge < -0.3 is 20.1 Å². The van der Waals surface area contributed by atoms with Crippen molar-refractivity contribution in [2.45, 2.75) is 13.5 Å². The van der Waals surface area contributed by atoms with Crippen LogP contribution in [0.4, 0.5) is 11.6 Å². The van der Waals surface area contributed by atoms with E-state index in [1.54, 1.807) is 54.5 Å². The predicted octanol–water partition coefficient (Wildman–Crippen LogP) is 3.99. The molecule has 0 saturated heterocycles. The zero-order chi connectivity index (χ0) is 23.2. The Balaban J connectivity index is 1.44. The van der Waals surface area contributed by atoms with E-state index in [9.17, 15) is 4.79 Å². The lowest BCUT2D eigenvalue weighted by atomic mass is 10.1. The molecule has 0 aliphatic heterocycles. The van der Waals surface area contributed by atoms with Gasteiger partial charge in [-0.2, -0.15) is 5.10 Å². The second-order valence-corrected chi connectivity index (χ2v) is 7.30. The average molecular weight is 444 g/mol. The van der Waals surface area contributed by atoms with Crippen molar-refractivity contribution in [3.63, 3.8) is 0 Å². The van der Waals surface area contributed by atoms with Crippen molar-refractivity contribution in [1.29, 1.82) is 0 Å². The highest BCUT2D eigenvalue weighted by molar-refractivity contribution is 5.96. The summed E-state index contributed by atoms with van der Waals surface area (Å²) < 4.78 is 12.8. The molecule has 0 fully saturated rings. The van der Waals surface area contributed by atoms with Gasteiger partial charge in [0.1, 0.15) is 17.3 Å². The molecule has 0 aliphatic carbocycles. The minimum Gasteiger partial charge on any atom is -0.481 e. The van der Waals surface area contributed by atoms with E-state index in [0.717, 1.165) is 11.1 Å². The Morgan fingerprint density at radius 3 is 2.70 bits per heavy atom. The normalized spacial score (nSPS) is 10.5. The fourth-order valence-electron chi connectivity index (χ4n) is 3.17. The molecule has 0 bridgehead atoms. The van der Waals surface area contributed by atoms with Crippen molar-refractivity contribution in [2.75, 3.05) is 12.4 Å². The summed E-state index contributed by atoms with van der Waals surface area (Å²) in [5, 5.41) is 10.3. The van der Waals surface area contributed by atoms with Crippen LogP contribution in [0.2, 0.25) is 0 Å². The summed E-state index contributed by atoms with van der Waals surface area (Å²) in [6.07, 6.45) is 5.16. The SMILES string of the molecule is COc1ccc(CNC(=O)c2cccc(Oc3ccnc(Nc4ccn(C)n4)c3)c2C)cn1. The van der Waals surface area contributed by atoms with Gasteiger partial charge in [-0.15, -0.1) is 0 Å². The Bertz CT molecular complexity index is 1250. The number of aromatic nitrogens is 4. The van der Waals surface area contributed by atoms with Gasteiger partial charge in [-0.1, -0.05) is 12.1 Å². The number of pyridine rings is 2. The maximum absolute atomic E-state index is 12.8. The highest BCUT2D eigenvalue weighted by atomic mass is 16.5. The molecular weight excluding hydrogens is 420 g/mol. The molecule has 9 heteroatoms. The fourth-order valence-corrected chi connectivity index (χ4v) is 3.17. The van der Waals surface area contributed by atoms with Crippen LogP contribution in [0.15, 0.2) is 67.1 Å². The molecule has 168 valence electrons. The summed E-state index contributed by atoms with van der Waals surface area (Å²) in [4.78, 5) is 21.2. The molecule has 0 unspecified atom stereocenters. The van der Waals surface area contributed by atoms with Gasteiger partial charge in [0, 0.05) is 61.5 Å². The lowest BCUT2D eigenvalue weighted by molar-refractivity contribution is 0.0950. The van der Waals surface area contributed by atoms with Crippen molar-refractivity contribution in [3.8, 4) is 17.4 Å². The Morgan fingerprint density at radius 1 is 1.09 bits per heavy atom. The van der Waals surface area contributed by atoms with E-state index in [2.05, 4.69) is 25.7 Å². The Hall–Kier alpha value is -4.40. The summed E-state index contributed by atoms with van der Waals surface area (Å²) in [7, 11) is 3.41. The second-order valence-electron chi connectivity index (χ2n) is 7.30. The number of methoxy groups -OCH3 is 1. The molecule has 1 aromatic carbocycles. The largest absolute Gasteiger partial charge is 0.481 e. The van der Waals surface area contributed by atoms with E-state index >= 15 is 0 Å². The summed E-state index contributed by atoms with van der Waals surface area (Å²) in [5.74, 6) is 2.80. The Kier molecular flexibility index (Phi) is 6.49. The number of carbonyl (C=O) groups excluding carboxylic acids is 1.